The molecular weight excluding hydrogens is 1220 g/mol. The quantitative estimate of drug-likeness (QED) is 0.149. The van der Waals surface area contributed by atoms with E-state index in [1.54, 1.807) is 0 Å². The smallest absolute Gasteiger partial charge is 0.256 e. The normalized spacial score (nSPS) is 12.6. The number of nitrogens with zero attached hydrogens (tertiary/aromatic N) is 3. The third kappa shape index (κ3) is 7.69. The number of hydrogen-bond acceptors (Lipinski definition) is 3. The largest absolute Gasteiger partial charge is 0.458 e. The van der Waals surface area contributed by atoms with Crippen molar-refractivity contribution in [3.05, 3.63) is 314 Å². The number of benzene rings is 15. The lowest BCUT2D eigenvalue weighted by Gasteiger charge is -2.35. The molecule has 2 aliphatic rings. The molecule has 466 valence electrons. The van der Waals surface area contributed by atoms with Crippen molar-refractivity contribution in [2.75, 3.05) is 0 Å². The van der Waals surface area contributed by atoms with Crippen molar-refractivity contribution >= 4 is 132 Å². The molecule has 15 aromatic carbocycles. The first-order valence-corrected chi connectivity index (χ1v) is 34.6. The average molecular weight is 1280 g/mol. The summed E-state index contributed by atoms with van der Waals surface area (Å²) in [6, 6.07) is 109. The van der Waals surface area contributed by atoms with E-state index < -0.39 is 0 Å². The molecular formula is C93H58BN3O3. The van der Waals surface area contributed by atoms with E-state index >= 15 is 0 Å². The molecule has 0 bridgehead atoms. The molecule has 7 heterocycles. The molecule has 0 aliphatic carbocycles. The fourth-order valence-corrected chi connectivity index (χ4v) is 18.0. The fourth-order valence-electron chi connectivity index (χ4n) is 18.0. The van der Waals surface area contributed by atoms with Crippen LogP contribution >= 0.6 is 0 Å². The lowest BCUT2D eigenvalue weighted by molar-refractivity contribution is 0.489. The molecule has 0 saturated carbocycles. The Bertz CT molecular complexity index is 6850. The van der Waals surface area contributed by atoms with Crippen LogP contribution in [0.1, 0.15) is 16.7 Å². The molecule has 0 N–H and O–H groups in total. The Morgan fingerprint density at radius 1 is 0.310 bits per heavy atom. The van der Waals surface area contributed by atoms with E-state index in [1.807, 2.05) is 0 Å². The minimum atomic E-state index is -0.344. The van der Waals surface area contributed by atoms with E-state index in [1.165, 1.54) is 43.8 Å². The van der Waals surface area contributed by atoms with Crippen LogP contribution in [0.5, 0.6) is 11.5 Å². The number of rotatable bonds is 7. The van der Waals surface area contributed by atoms with Crippen molar-refractivity contribution in [1.29, 1.82) is 0 Å². The molecule has 0 radical (unpaired) electrons. The predicted molar refractivity (Wildman–Crippen MR) is 417 cm³/mol. The Balaban J connectivity index is 0.897. The van der Waals surface area contributed by atoms with Gasteiger partial charge in [-0.25, -0.2) is 0 Å². The van der Waals surface area contributed by atoms with Gasteiger partial charge in [-0.2, -0.15) is 0 Å². The number of para-hydroxylation sites is 4. The standard InChI is InChI=1S/C93H58BN3O3/c1-53-44-54(2)86(55(3)45-53)59-48-82-89-85(49-59)100-91-73(65-29-13-12-27-63(65)57-24-8-5-9-25-57)46-58(64-28-11-10-26-62(64)56-22-6-4-7-23-56)47-76(91)94(89)75-52-74-72-51-61(96-79-36-20-16-32-68(79)69-33-17-21-37-80(69)96)39-43-84(72)99-93(74)88-87-81(97(82)90(75)88)41-40-70-71-50-60(38-42-83(71)98-92(70)87)95-77-34-18-14-30-66(77)67-31-15-19-35-78(67)95/h4-52H,1-3H3. The van der Waals surface area contributed by atoms with Gasteiger partial charge < -0.3 is 27.3 Å². The minimum Gasteiger partial charge on any atom is -0.458 e. The van der Waals surface area contributed by atoms with Crippen LogP contribution in [0.2, 0.25) is 0 Å². The van der Waals surface area contributed by atoms with Gasteiger partial charge >= 0.3 is 0 Å². The third-order valence-electron chi connectivity index (χ3n) is 21.9. The second-order valence-electron chi connectivity index (χ2n) is 27.5. The maximum Gasteiger partial charge on any atom is 0.256 e. The molecule has 0 amide bonds. The van der Waals surface area contributed by atoms with Gasteiger partial charge in [-0.3, -0.25) is 0 Å². The van der Waals surface area contributed by atoms with E-state index in [4.69, 9.17) is 13.6 Å². The summed E-state index contributed by atoms with van der Waals surface area (Å²) in [6.07, 6.45) is 0. The number of ether oxygens (including phenoxy) is 1. The zero-order valence-corrected chi connectivity index (χ0v) is 54.9. The molecule has 0 fully saturated rings. The first-order chi connectivity index (χ1) is 49.3. The molecule has 5 aromatic heterocycles. The van der Waals surface area contributed by atoms with Crippen molar-refractivity contribution in [2.45, 2.75) is 20.8 Å². The van der Waals surface area contributed by atoms with Crippen LogP contribution in [-0.4, -0.2) is 20.4 Å². The van der Waals surface area contributed by atoms with E-state index in [0.717, 1.165) is 183 Å². The van der Waals surface area contributed by atoms with E-state index in [0.29, 0.717) is 0 Å². The van der Waals surface area contributed by atoms with Crippen LogP contribution in [0.4, 0.5) is 0 Å². The van der Waals surface area contributed by atoms with Crippen molar-refractivity contribution in [3.63, 3.8) is 0 Å². The van der Waals surface area contributed by atoms with Crippen LogP contribution < -0.4 is 21.1 Å². The highest BCUT2D eigenvalue weighted by atomic mass is 16.5. The molecule has 0 saturated heterocycles. The highest BCUT2D eigenvalue weighted by Crippen LogP contribution is 2.51. The summed E-state index contributed by atoms with van der Waals surface area (Å²) in [5.74, 6) is 1.67. The lowest BCUT2D eigenvalue weighted by Crippen LogP contribution is -2.58. The van der Waals surface area contributed by atoms with E-state index in [-0.39, 0.29) is 6.71 Å². The Morgan fingerprint density at radius 2 is 0.800 bits per heavy atom. The zero-order chi connectivity index (χ0) is 65.8. The second kappa shape index (κ2) is 20.6. The summed E-state index contributed by atoms with van der Waals surface area (Å²) in [4.78, 5) is 0. The molecule has 100 heavy (non-hydrogen) atoms. The van der Waals surface area contributed by atoms with Crippen LogP contribution in [0.25, 0.3) is 182 Å². The van der Waals surface area contributed by atoms with Gasteiger partial charge in [0.15, 0.2) is 0 Å². The monoisotopic (exact) mass is 1280 g/mol. The van der Waals surface area contributed by atoms with Crippen LogP contribution in [0.15, 0.2) is 306 Å². The molecule has 22 rings (SSSR count). The van der Waals surface area contributed by atoms with Crippen molar-refractivity contribution < 1.29 is 13.6 Å². The van der Waals surface area contributed by atoms with Gasteiger partial charge in [0.05, 0.1) is 43.9 Å². The highest BCUT2D eigenvalue weighted by Gasteiger charge is 2.44. The molecule has 6 nitrogen and oxygen atoms in total. The van der Waals surface area contributed by atoms with Gasteiger partial charge in [0.2, 0.25) is 0 Å². The van der Waals surface area contributed by atoms with Crippen LogP contribution in [0, 0.1) is 20.8 Å². The number of furan rings is 2. The number of aryl methyl sites for hydroxylation is 3. The Kier molecular flexibility index (Phi) is 11.4. The van der Waals surface area contributed by atoms with Gasteiger partial charge in [-0.05, 0) is 189 Å². The van der Waals surface area contributed by atoms with E-state index in [9.17, 15) is 0 Å². The SMILES string of the molecule is Cc1cc(C)c(-c2cc3c4c(c2)-n2c5ccc6c7cc(-n8c9ccccc9c9ccccc98)ccc7oc6c5c5c6oc7ccc(-n8c9ccccc9c9ccccc98)cc7c6cc(c52)B4c2cc(-c4ccccc4-c4ccccc4)cc(-c4ccccc4-c4ccccc4)c2O3)c(C)c1. The van der Waals surface area contributed by atoms with Gasteiger partial charge in [-0.15, -0.1) is 0 Å². The van der Waals surface area contributed by atoms with Gasteiger partial charge in [0.1, 0.15) is 33.8 Å². The van der Waals surface area contributed by atoms with Crippen molar-refractivity contribution in [3.8, 4) is 84.2 Å². The second-order valence-corrected chi connectivity index (χ2v) is 27.5. The summed E-state index contributed by atoms with van der Waals surface area (Å²) < 4.78 is 30.5. The first-order valence-electron chi connectivity index (χ1n) is 34.6. The van der Waals surface area contributed by atoms with Crippen LogP contribution in [0.3, 0.4) is 0 Å². The van der Waals surface area contributed by atoms with E-state index in [2.05, 4.69) is 332 Å². The molecule has 7 heteroatoms. The minimum absolute atomic E-state index is 0.344. The number of aromatic nitrogens is 3. The Morgan fingerprint density at radius 3 is 1.37 bits per heavy atom. The molecule has 0 unspecified atom stereocenters. The van der Waals surface area contributed by atoms with Gasteiger partial charge in [0.25, 0.3) is 6.71 Å². The fraction of sp³-hybridized carbons (Fsp3) is 0.0323. The zero-order valence-electron chi connectivity index (χ0n) is 54.9. The summed E-state index contributed by atoms with van der Waals surface area (Å²) in [5.41, 5.74) is 31.4. The predicted octanol–water partition coefficient (Wildman–Crippen LogP) is 23.0. The number of hydrogen-bond donors (Lipinski definition) is 0. The Labute approximate surface area is 575 Å². The van der Waals surface area contributed by atoms with Gasteiger partial charge in [-0.1, -0.05) is 212 Å². The highest BCUT2D eigenvalue weighted by molar-refractivity contribution is 6.99. The van der Waals surface area contributed by atoms with Crippen molar-refractivity contribution in [1.82, 2.24) is 13.7 Å². The Hall–Kier alpha value is -12.8. The average Bonchev–Trinajstić information content (AvgIpc) is 1.47. The molecule has 20 aromatic rings. The first kappa shape index (κ1) is 55.3. The van der Waals surface area contributed by atoms with Gasteiger partial charge in [0, 0.05) is 65.7 Å². The summed E-state index contributed by atoms with van der Waals surface area (Å²) in [5, 5.41) is 11.0. The summed E-state index contributed by atoms with van der Waals surface area (Å²) in [7, 11) is 0. The summed E-state index contributed by atoms with van der Waals surface area (Å²) in [6.45, 7) is 6.35. The molecule has 2 aliphatic heterocycles. The van der Waals surface area contributed by atoms with Crippen molar-refractivity contribution in [2.24, 2.45) is 0 Å². The molecule has 0 spiro atoms. The lowest BCUT2D eigenvalue weighted by atomic mass is 9.34. The number of fused-ring (bicyclic) bond motifs is 21. The molecule has 0 atom stereocenters. The maximum atomic E-state index is 7.99. The summed E-state index contributed by atoms with van der Waals surface area (Å²) >= 11 is 0. The van der Waals surface area contributed by atoms with Crippen LogP contribution in [-0.2, 0) is 0 Å². The topological polar surface area (TPSA) is 50.3 Å². The third-order valence-corrected chi connectivity index (χ3v) is 21.9. The maximum absolute atomic E-state index is 7.99.